The molecule has 0 spiro atoms. The van der Waals surface area contributed by atoms with Gasteiger partial charge in [-0.1, -0.05) is 43.2 Å². The zero-order valence-electron chi connectivity index (χ0n) is 15.5. The molecule has 4 rings (SSSR count). The highest BCUT2D eigenvalue weighted by Gasteiger charge is 2.35. The molecule has 0 aliphatic heterocycles. The Labute approximate surface area is 155 Å². The molecule has 0 unspecified atom stereocenters. The molecule has 1 amide bonds. The zero-order chi connectivity index (χ0) is 17.8. The minimum Gasteiger partial charge on any atom is -0.355 e. The van der Waals surface area contributed by atoms with Gasteiger partial charge in [0.15, 0.2) is 0 Å². The van der Waals surface area contributed by atoms with Crippen LogP contribution in [0.4, 0.5) is 0 Å². The molecule has 0 atom stereocenters. The number of carbonyl (C=O) groups is 1. The average molecular weight is 351 g/mol. The standard InChI is InChI=1S/C22H29N3O/c26-21(13-12-20-18-10-4-5-11-19(18)24-25-20)23-16-22(14-6-7-15-22)17-8-2-1-3-9-17/h1-3,8-9H,4-7,10-16H2,(H,23,26)(H,24,25). The van der Waals surface area contributed by atoms with Gasteiger partial charge in [-0.25, -0.2) is 0 Å². The molecule has 1 fully saturated rings. The van der Waals surface area contributed by atoms with Gasteiger partial charge in [0.2, 0.25) is 5.91 Å². The molecule has 0 radical (unpaired) electrons. The number of nitrogens with zero attached hydrogens (tertiary/aromatic N) is 1. The topological polar surface area (TPSA) is 57.8 Å². The molecule has 2 N–H and O–H groups in total. The fourth-order valence-electron chi connectivity index (χ4n) is 4.76. The van der Waals surface area contributed by atoms with Crippen LogP contribution in [0.1, 0.15) is 67.5 Å². The summed E-state index contributed by atoms with van der Waals surface area (Å²) in [4.78, 5) is 12.5. The van der Waals surface area contributed by atoms with Gasteiger partial charge in [-0.2, -0.15) is 5.10 Å². The summed E-state index contributed by atoms with van der Waals surface area (Å²) < 4.78 is 0. The third kappa shape index (κ3) is 3.55. The predicted octanol–water partition coefficient (Wildman–Crippen LogP) is 3.85. The van der Waals surface area contributed by atoms with Crippen molar-refractivity contribution in [3.63, 3.8) is 0 Å². The Morgan fingerprint density at radius 3 is 2.65 bits per heavy atom. The Hall–Kier alpha value is -2.10. The smallest absolute Gasteiger partial charge is 0.220 e. The quantitative estimate of drug-likeness (QED) is 0.830. The Morgan fingerprint density at radius 2 is 1.85 bits per heavy atom. The van der Waals surface area contributed by atoms with E-state index < -0.39 is 0 Å². The predicted molar refractivity (Wildman–Crippen MR) is 103 cm³/mol. The third-order valence-corrected chi connectivity index (χ3v) is 6.30. The van der Waals surface area contributed by atoms with E-state index in [9.17, 15) is 4.79 Å². The second-order valence-electron chi connectivity index (χ2n) is 7.96. The van der Waals surface area contributed by atoms with Gasteiger partial charge in [-0.05, 0) is 49.7 Å². The molecule has 138 valence electrons. The van der Waals surface area contributed by atoms with Gasteiger partial charge in [0, 0.05) is 30.5 Å². The van der Waals surface area contributed by atoms with Crippen molar-refractivity contribution >= 4 is 5.91 Å². The van der Waals surface area contributed by atoms with E-state index in [-0.39, 0.29) is 11.3 Å². The number of rotatable bonds is 6. The number of benzene rings is 1. The van der Waals surface area contributed by atoms with Crippen molar-refractivity contribution in [2.45, 2.75) is 69.6 Å². The van der Waals surface area contributed by atoms with E-state index in [1.54, 1.807) is 0 Å². The number of aryl methyl sites for hydroxylation is 2. The molecule has 1 saturated carbocycles. The molecule has 4 heteroatoms. The van der Waals surface area contributed by atoms with E-state index >= 15 is 0 Å². The maximum Gasteiger partial charge on any atom is 0.220 e. The SMILES string of the molecule is O=C(CCc1n[nH]c2c1CCCC2)NCC1(c2ccccc2)CCCC1. The van der Waals surface area contributed by atoms with E-state index in [0.717, 1.165) is 31.5 Å². The Kier molecular flexibility index (Phi) is 5.09. The highest BCUT2D eigenvalue weighted by Crippen LogP contribution is 2.40. The molecule has 1 aromatic carbocycles. The molecule has 2 aliphatic rings. The van der Waals surface area contributed by atoms with Crippen LogP contribution in [0.2, 0.25) is 0 Å². The number of fused-ring (bicyclic) bond motifs is 1. The van der Waals surface area contributed by atoms with Crippen molar-refractivity contribution in [3.05, 3.63) is 52.8 Å². The number of nitrogens with one attached hydrogen (secondary N) is 2. The molecule has 26 heavy (non-hydrogen) atoms. The summed E-state index contributed by atoms with van der Waals surface area (Å²) in [6, 6.07) is 10.7. The van der Waals surface area contributed by atoms with Crippen LogP contribution in [-0.4, -0.2) is 22.6 Å². The molecule has 2 aromatic rings. The second kappa shape index (κ2) is 7.65. The van der Waals surface area contributed by atoms with E-state index in [2.05, 4.69) is 45.8 Å². The first kappa shape index (κ1) is 17.3. The van der Waals surface area contributed by atoms with Crippen LogP contribution >= 0.6 is 0 Å². The lowest BCUT2D eigenvalue weighted by Crippen LogP contribution is -2.39. The van der Waals surface area contributed by atoms with Crippen LogP contribution in [0.15, 0.2) is 30.3 Å². The zero-order valence-corrected chi connectivity index (χ0v) is 15.5. The molecule has 0 bridgehead atoms. The number of hydrogen-bond acceptors (Lipinski definition) is 2. The lowest BCUT2D eigenvalue weighted by Gasteiger charge is -2.30. The molecule has 0 saturated heterocycles. The molecule has 1 heterocycles. The van der Waals surface area contributed by atoms with Crippen LogP contribution in [0.5, 0.6) is 0 Å². The first-order valence-electron chi connectivity index (χ1n) is 10.1. The molecular formula is C22H29N3O. The number of amides is 1. The van der Waals surface area contributed by atoms with Gasteiger partial charge in [0.25, 0.3) is 0 Å². The summed E-state index contributed by atoms with van der Waals surface area (Å²) in [7, 11) is 0. The summed E-state index contributed by atoms with van der Waals surface area (Å²) in [6.07, 6.45) is 10.8. The lowest BCUT2D eigenvalue weighted by atomic mass is 9.79. The van der Waals surface area contributed by atoms with E-state index in [1.165, 1.54) is 55.3 Å². The molecular weight excluding hydrogens is 322 g/mol. The number of aromatic nitrogens is 2. The van der Waals surface area contributed by atoms with E-state index in [4.69, 9.17) is 0 Å². The summed E-state index contributed by atoms with van der Waals surface area (Å²) in [5.41, 5.74) is 5.27. The summed E-state index contributed by atoms with van der Waals surface area (Å²) >= 11 is 0. The van der Waals surface area contributed by atoms with Crippen LogP contribution in [0.3, 0.4) is 0 Å². The molecule has 2 aliphatic carbocycles. The summed E-state index contributed by atoms with van der Waals surface area (Å²) in [5, 5.41) is 10.9. The first-order chi connectivity index (χ1) is 12.8. The summed E-state index contributed by atoms with van der Waals surface area (Å²) in [5.74, 6) is 0.153. The van der Waals surface area contributed by atoms with Crippen molar-refractivity contribution in [2.75, 3.05) is 6.54 Å². The monoisotopic (exact) mass is 351 g/mol. The molecule has 1 aromatic heterocycles. The van der Waals surface area contributed by atoms with Gasteiger partial charge in [-0.15, -0.1) is 0 Å². The van der Waals surface area contributed by atoms with E-state index in [0.29, 0.717) is 6.42 Å². The summed E-state index contributed by atoms with van der Waals surface area (Å²) in [6.45, 7) is 0.758. The molecule has 4 nitrogen and oxygen atoms in total. The van der Waals surface area contributed by atoms with Crippen LogP contribution in [-0.2, 0) is 29.5 Å². The van der Waals surface area contributed by atoms with Crippen molar-refractivity contribution in [2.24, 2.45) is 0 Å². The Morgan fingerprint density at radius 1 is 1.08 bits per heavy atom. The first-order valence-corrected chi connectivity index (χ1v) is 10.1. The Bertz CT molecular complexity index is 744. The number of carbonyl (C=O) groups excluding carboxylic acids is 1. The highest BCUT2D eigenvalue weighted by atomic mass is 16.1. The van der Waals surface area contributed by atoms with Crippen molar-refractivity contribution < 1.29 is 4.79 Å². The highest BCUT2D eigenvalue weighted by molar-refractivity contribution is 5.76. The third-order valence-electron chi connectivity index (χ3n) is 6.30. The van der Waals surface area contributed by atoms with Crippen LogP contribution in [0, 0.1) is 0 Å². The van der Waals surface area contributed by atoms with Gasteiger partial charge in [0.05, 0.1) is 5.69 Å². The lowest BCUT2D eigenvalue weighted by molar-refractivity contribution is -0.121. The number of H-pyrrole nitrogens is 1. The average Bonchev–Trinajstić information content (AvgIpc) is 3.33. The number of aromatic amines is 1. The largest absolute Gasteiger partial charge is 0.355 e. The van der Waals surface area contributed by atoms with Gasteiger partial charge < -0.3 is 5.32 Å². The van der Waals surface area contributed by atoms with Crippen molar-refractivity contribution in [1.82, 2.24) is 15.5 Å². The normalized spacial score (nSPS) is 18.5. The van der Waals surface area contributed by atoms with Gasteiger partial charge >= 0.3 is 0 Å². The van der Waals surface area contributed by atoms with E-state index in [1.807, 2.05) is 0 Å². The van der Waals surface area contributed by atoms with Crippen LogP contribution < -0.4 is 5.32 Å². The maximum atomic E-state index is 12.5. The van der Waals surface area contributed by atoms with Crippen molar-refractivity contribution in [3.8, 4) is 0 Å². The minimum atomic E-state index is 0.127. The Balaban J connectivity index is 1.34. The fraction of sp³-hybridized carbons (Fsp3) is 0.545. The number of hydrogen-bond donors (Lipinski definition) is 2. The second-order valence-corrected chi connectivity index (χ2v) is 7.96. The maximum absolute atomic E-state index is 12.5. The fourth-order valence-corrected chi connectivity index (χ4v) is 4.76. The van der Waals surface area contributed by atoms with Gasteiger partial charge in [0.1, 0.15) is 0 Å². The van der Waals surface area contributed by atoms with Gasteiger partial charge in [-0.3, -0.25) is 9.89 Å². The van der Waals surface area contributed by atoms with Crippen LogP contribution in [0.25, 0.3) is 0 Å². The van der Waals surface area contributed by atoms with Crippen molar-refractivity contribution in [1.29, 1.82) is 0 Å². The minimum absolute atomic E-state index is 0.127.